The highest BCUT2D eigenvalue weighted by atomic mass is 31.2. The number of imidazole rings is 1. The van der Waals surface area contributed by atoms with E-state index in [-0.39, 0.29) is 6.10 Å². The Bertz CT molecular complexity index is 1510. The largest absolute Gasteiger partial charge is 0.462 e. The summed E-state index contributed by atoms with van der Waals surface area (Å²) < 4.78 is 33.4. The summed E-state index contributed by atoms with van der Waals surface area (Å²) in [7, 11) is -4.05. The Kier molecular flexibility index (Phi) is 9.45. The lowest BCUT2D eigenvalue weighted by molar-refractivity contribution is -0.149. The Morgan fingerprint density at radius 1 is 1.05 bits per heavy atom. The van der Waals surface area contributed by atoms with Gasteiger partial charge in [-0.1, -0.05) is 49.7 Å². The molecule has 0 aliphatic rings. The predicted molar refractivity (Wildman–Crippen MR) is 157 cm³/mol. The molecule has 2 aromatic heterocycles. The van der Waals surface area contributed by atoms with Crippen molar-refractivity contribution in [3.63, 3.8) is 0 Å². The number of esters is 1. The molecule has 0 aliphatic heterocycles. The maximum Gasteiger partial charge on any atom is 0.459 e. The molecule has 2 heterocycles. The van der Waals surface area contributed by atoms with Crippen molar-refractivity contribution in [2.75, 3.05) is 5.73 Å². The van der Waals surface area contributed by atoms with Crippen LogP contribution < -0.4 is 15.3 Å². The van der Waals surface area contributed by atoms with Gasteiger partial charge in [-0.15, -0.1) is 0 Å². The first-order valence-electron chi connectivity index (χ1n) is 13.6. The summed E-state index contributed by atoms with van der Waals surface area (Å²) in [5, 5.41) is 3.68. The molecule has 214 valence electrons. The van der Waals surface area contributed by atoms with Crippen LogP contribution in [0.4, 0.5) is 5.82 Å². The molecule has 0 aliphatic carbocycles. The number of carbonyl (C=O) groups is 1. The summed E-state index contributed by atoms with van der Waals surface area (Å²) in [4.78, 5) is 21.9. The number of anilines is 1. The topological polar surface area (TPSA) is 131 Å². The van der Waals surface area contributed by atoms with Crippen LogP contribution in [0.5, 0.6) is 5.75 Å². The fraction of sp³-hybridized carbons (Fsp3) is 0.414. The molecular formula is C29H38N5O5P. The molecule has 0 saturated heterocycles. The second-order valence-electron chi connectivity index (χ2n) is 10.1. The van der Waals surface area contributed by atoms with E-state index < -0.39 is 25.9 Å². The average molecular weight is 568 g/mol. The summed E-state index contributed by atoms with van der Waals surface area (Å²) in [6.07, 6.45) is 1.74. The Balaban J connectivity index is 1.68. The molecule has 10 nitrogen and oxygen atoms in total. The fourth-order valence-corrected chi connectivity index (χ4v) is 6.15. The number of unbranched alkanes of at least 4 members (excludes halogenated alkanes) is 1. The number of ether oxygens (including phenoxy) is 1. The van der Waals surface area contributed by atoms with Gasteiger partial charge in [0.1, 0.15) is 23.1 Å². The molecule has 3 N–H and O–H groups in total. The monoisotopic (exact) mass is 567 g/mol. The van der Waals surface area contributed by atoms with Crippen LogP contribution in [0.2, 0.25) is 0 Å². The number of nitrogens with two attached hydrogens (primary N) is 1. The summed E-state index contributed by atoms with van der Waals surface area (Å²) in [6.45, 7) is 9.31. The summed E-state index contributed by atoms with van der Waals surface area (Å²) in [5.74, 6) is 0.991. The van der Waals surface area contributed by atoms with Crippen molar-refractivity contribution in [3.8, 4) is 5.75 Å². The number of aryl methyl sites for hydroxylation is 1. The highest BCUT2D eigenvalue weighted by Gasteiger charge is 2.35. The average Bonchev–Trinajstić information content (AvgIpc) is 3.26. The van der Waals surface area contributed by atoms with E-state index in [2.05, 4.69) is 21.6 Å². The van der Waals surface area contributed by atoms with E-state index >= 15 is 0 Å². The van der Waals surface area contributed by atoms with Crippen LogP contribution in [0, 0.1) is 0 Å². The third-order valence-electron chi connectivity index (χ3n) is 6.23. The van der Waals surface area contributed by atoms with Crippen molar-refractivity contribution < 1.29 is 23.1 Å². The molecule has 0 amide bonds. The molecule has 2 aromatic carbocycles. The SMILES string of the molecule is CCCCc1nc2c(N)nc3ccccc3c2n1C[C@@H](C)O[P@@](=O)(N[C@H](C)C(=O)OC(C)C)Oc1ccccc1. The van der Waals surface area contributed by atoms with Gasteiger partial charge in [-0.2, -0.15) is 5.09 Å². The predicted octanol–water partition coefficient (Wildman–Crippen LogP) is 6.03. The molecule has 0 fully saturated rings. The van der Waals surface area contributed by atoms with Crippen LogP contribution >= 0.6 is 7.75 Å². The Morgan fingerprint density at radius 2 is 1.75 bits per heavy atom. The van der Waals surface area contributed by atoms with Crippen molar-refractivity contribution >= 4 is 41.5 Å². The Morgan fingerprint density at radius 3 is 2.45 bits per heavy atom. The number of aromatic nitrogens is 3. The molecule has 0 unspecified atom stereocenters. The molecule has 11 heteroatoms. The zero-order valence-corrected chi connectivity index (χ0v) is 24.6. The van der Waals surface area contributed by atoms with Gasteiger partial charge in [0.25, 0.3) is 0 Å². The van der Waals surface area contributed by atoms with E-state index in [1.165, 1.54) is 0 Å². The fourth-order valence-electron chi connectivity index (χ4n) is 4.48. The third-order valence-corrected chi connectivity index (χ3v) is 8.02. The maximum atomic E-state index is 14.1. The number of hydrogen-bond donors (Lipinski definition) is 2. The standard InChI is InChI=1S/C29H38N5O5P/c1-6-7-17-25-32-26-27(23-15-11-12-16-24(23)31-28(26)30)34(25)18-20(4)38-40(36,39-22-13-9-8-10-14-22)33-21(5)29(35)37-19(2)3/h8-16,19-21H,6-7,17-18H2,1-5H3,(H2,30,31)(H,33,36)/t20-,21-,40+/m1/s1. The van der Waals surface area contributed by atoms with Crippen LogP contribution in [-0.2, 0) is 31.6 Å². The molecule has 3 atom stereocenters. The minimum Gasteiger partial charge on any atom is -0.462 e. The van der Waals surface area contributed by atoms with Gasteiger partial charge in [-0.25, -0.2) is 14.5 Å². The minimum atomic E-state index is -4.05. The van der Waals surface area contributed by atoms with E-state index in [9.17, 15) is 9.36 Å². The Labute approximate surface area is 234 Å². The molecule has 4 aromatic rings. The van der Waals surface area contributed by atoms with Gasteiger partial charge in [-0.3, -0.25) is 9.32 Å². The van der Waals surface area contributed by atoms with Crippen molar-refractivity contribution in [2.45, 2.75) is 78.7 Å². The molecule has 0 spiro atoms. The van der Waals surface area contributed by atoms with Gasteiger partial charge in [0.15, 0.2) is 5.82 Å². The van der Waals surface area contributed by atoms with E-state index in [0.29, 0.717) is 23.6 Å². The first-order chi connectivity index (χ1) is 19.1. The number of nitrogens with zero attached hydrogens (tertiary/aromatic N) is 3. The highest BCUT2D eigenvalue weighted by molar-refractivity contribution is 7.52. The van der Waals surface area contributed by atoms with Crippen molar-refractivity contribution in [1.82, 2.24) is 19.6 Å². The number of para-hydroxylation sites is 2. The summed E-state index contributed by atoms with van der Waals surface area (Å²) >= 11 is 0. The number of hydrogen-bond acceptors (Lipinski definition) is 8. The smallest absolute Gasteiger partial charge is 0.459 e. The van der Waals surface area contributed by atoms with Crippen LogP contribution in [0.1, 0.15) is 53.3 Å². The normalized spacial score (nSPS) is 14.8. The van der Waals surface area contributed by atoms with E-state index in [1.54, 1.807) is 45.0 Å². The highest BCUT2D eigenvalue weighted by Crippen LogP contribution is 2.46. The number of carbonyl (C=O) groups excluding carboxylic acids is 1. The van der Waals surface area contributed by atoms with Gasteiger partial charge in [-0.05, 0) is 52.3 Å². The second-order valence-corrected chi connectivity index (χ2v) is 11.8. The van der Waals surface area contributed by atoms with E-state index in [0.717, 1.165) is 41.5 Å². The lowest BCUT2D eigenvalue weighted by Gasteiger charge is -2.26. The third kappa shape index (κ3) is 6.99. The van der Waals surface area contributed by atoms with Crippen LogP contribution in [0.25, 0.3) is 21.9 Å². The molecule has 0 saturated carbocycles. The molecular weight excluding hydrogens is 529 g/mol. The number of nitrogen functional groups attached to an aromatic ring is 1. The molecule has 0 bridgehead atoms. The van der Waals surface area contributed by atoms with E-state index in [1.807, 2.05) is 37.3 Å². The zero-order chi connectivity index (χ0) is 28.9. The number of fused-ring (bicyclic) bond motifs is 3. The lowest BCUT2D eigenvalue weighted by Crippen LogP contribution is -2.37. The molecule has 4 rings (SSSR count). The van der Waals surface area contributed by atoms with Crippen LogP contribution in [0.15, 0.2) is 54.6 Å². The van der Waals surface area contributed by atoms with Crippen molar-refractivity contribution in [1.29, 1.82) is 0 Å². The number of benzene rings is 2. The first kappa shape index (κ1) is 29.5. The zero-order valence-electron chi connectivity index (χ0n) is 23.7. The lowest BCUT2D eigenvalue weighted by atomic mass is 10.2. The number of pyridine rings is 1. The van der Waals surface area contributed by atoms with Gasteiger partial charge in [0.05, 0.1) is 29.8 Å². The number of nitrogens with one attached hydrogen (secondary N) is 1. The van der Waals surface area contributed by atoms with Gasteiger partial charge in [0, 0.05) is 11.8 Å². The van der Waals surface area contributed by atoms with Gasteiger partial charge < -0.3 is 19.6 Å². The van der Waals surface area contributed by atoms with Crippen molar-refractivity contribution in [2.24, 2.45) is 0 Å². The summed E-state index contributed by atoms with van der Waals surface area (Å²) in [5.41, 5.74) is 8.58. The Hall–Kier alpha value is -3.46. The summed E-state index contributed by atoms with van der Waals surface area (Å²) in [6, 6.07) is 15.5. The van der Waals surface area contributed by atoms with Gasteiger partial charge >= 0.3 is 13.7 Å². The first-order valence-corrected chi connectivity index (χ1v) is 15.2. The number of rotatable bonds is 13. The molecule has 0 radical (unpaired) electrons. The van der Waals surface area contributed by atoms with Crippen LogP contribution in [-0.4, -0.2) is 38.8 Å². The van der Waals surface area contributed by atoms with E-state index in [4.69, 9.17) is 24.5 Å². The maximum absolute atomic E-state index is 14.1. The van der Waals surface area contributed by atoms with Gasteiger partial charge in [0.2, 0.25) is 0 Å². The minimum absolute atomic E-state index is 0.317. The second kappa shape index (κ2) is 12.8. The van der Waals surface area contributed by atoms with Crippen molar-refractivity contribution in [3.05, 3.63) is 60.4 Å². The van der Waals surface area contributed by atoms with Crippen LogP contribution in [0.3, 0.4) is 0 Å². The quantitative estimate of drug-likeness (QED) is 0.147. The molecule has 40 heavy (non-hydrogen) atoms.